The van der Waals surface area contributed by atoms with Crippen molar-refractivity contribution in [3.05, 3.63) is 83.8 Å². The molecule has 3 N–H and O–H groups in total. The number of hydrogen-bond acceptors (Lipinski definition) is 4. The second kappa shape index (κ2) is 9.75. The molecule has 1 aromatic heterocycles. The summed E-state index contributed by atoms with van der Waals surface area (Å²) >= 11 is 0. The van der Waals surface area contributed by atoms with Crippen molar-refractivity contribution >= 4 is 29.1 Å². The minimum absolute atomic E-state index is 0.130. The van der Waals surface area contributed by atoms with Crippen molar-refractivity contribution in [2.24, 2.45) is 5.92 Å². The molecule has 0 bridgehead atoms. The zero-order valence-electron chi connectivity index (χ0n) is 17.6. The van der Waals surface area contributed by atoms with Gasteiger partial charge in [0.05, 0.1) is 6.26 Å². The topological polar surface area (TPSA) is 100 Å². The van der Waals surface area contributed by atoms with Crippen molar-refractivity contribution in [1.29, 1.82) is 0 Å². The predicted molar refractivity (Wildman–Crippen MR) is 119 cm³/mol. The highest BCUT2D eigenvalue weighted by atomic mass is 16.3. The fourth-order valence-corrected chi connectivity index (χ4v) is 3.08. The van der Waals surface area contributed by atoms with Crippen molar-refractivity contribution in [3.8, 4) is 0 Å². The van der Waals surface area contributed by atoms with E-state index in [1.54, 1.807) is 48.5 Å². The van der Waals surface area contributed by atoms with E-state index in [1.807, 2.05) is 32.9 Å². The lowest BCUT2D eigenvalue weighted by atomic mass is 10.0. The second-order valence-corrected chi connectivity index (χ2v) is 7.51. The van der Waals surface area contributed by atoms with Crippen LogP contribution in [0.4, 0.5) is 11.4 Å². The van der Waals surface area contributed by atoms with E-state index in [0.717, 1.165) is 5.56 Å². The first kappa shape index (κ1) is 21.8. The van der Waals surface area contributed by atoms with Gasteiger partial charge in [-0.3, -0.25) is 14.4 Å². The Hall–Kier alpha value is -3.87. The van der Waals surface area contributed by atoms with Crippen LogP contribution in [-0.2, 0) is 4.79 Å². The van der Waals surface area contributed by atoms with E-state index in [0.29, 0.717) is 16.9 Å². The standard InChI is InChI=1S/C24H25N3O4/c1-15(2)21(27-22(28)19-11-5-4-8-16(19)3)24(30)26-18-10-6-9-17(14-18)25-23(29)20-12-7-13-31-20/h4-15,21H,1-3H3,(H,25,29)(H,26,30)(H,27,28)/t21-/m0/s1. The summed E-state index contributed by atoms with van der Waals surface area (Å²) in [5.74, 6) is -0.972. The summed E-state index contributed by atoms with van der Waals surface area (Å²) < 4.78 is 5.08. The number of aryl methyl sites for hydroxylation is 1. The Balaban J connectivity index is 1.69. The number of benzene rings is 2. The van der Waals surface area contributed by atoms with Gasteiger partial charge in [-0.2, -0.15) is 0 Å². The lowest BCUT2D eigenvalue weighted by molar-refractivity contribution is -0.118. The summed E-state index contributed by atoms with van der Waals surface area (Å²) in [5.41, 5.74) is 2.37. The number of rotatable bonds is 7. The normalized spacial score (nSPS) is 11.6. The van der Waals surface area contributed by atoms with Gasteiger partial charge in [-0.05, 0) is 54.8 Å². The molecule has 0 fully saturated rings. The van der Waals surface area contributed by atoms with Gasteiger partial charge in [-0.1, -0.05) is 38.1 Å². The van der Waals surface area contributed by atoms with Crippen molar-refractivity contribution in [3.63, 3.8) is 0 Å². The number of amides is 3. The third kappa shape index (κ3) is 5.60. The summed E-state index contributed by atoms with van der Waals surface area (Å²) in [6.45, 7) is 5.58. The maximum absolute atomic E-state index is 12.9. The molecule has 0 unspecified atom stereocenters. The summed E-state index contributed by atoms with van der Waals surface area (Å²) in [5, 5.41) is 8.36. The van der Waals surface area contributed by atoms with E-state index in [-0.39, 0.29) is 29.4 Å². The Morgan fingerprint density at radius 1 is 0.839 bits per heavy atom. The Kier molecular flexibility index (Phi) is 6.87. The SMILES string of the molecule is Cc1ccccc1C(=O)N[C@H](C(=O)Nc1cccc(NC(=O)c2ccco2)c1)C(C)C. The van der Waals surface area contributed by atoms with Crippen LogP contribution in [0.2, 0.25) is 0 Å². The van der Waals surface area contributed by atoms with E-state index in [2.05, 4.69) is 16.0 Å². The summed E-state index contributed by atoms with van der Waals surface area (Å²) in [4.78, 5) is 37.7. The predicted octanol–water partition coefficient (Wildman–Crippen LogP) is 4.23. The van der Waals surface area contributed by atoms with Crippen LogP contribution in [0.3, 0.4) is 0 Å². The monoisotopic (exact) mass is 419 g/mol. The Morgan fingerprint density at radius 2 is 1.55 bits per heavy atom. The maximum Gasteiger partial charge on any atom is 0.291 e. The van der Waals surface area contributed by atoms with Gasteiger partial charge in [0.2, 0.25) is 5.91 Å². The highest BCUT2D eigenvalue weighted by Gasteiger charge is 2.25. The largest absolute Gasteiger partial charge is 0.459 e. The molecule has 3 aromatic rings. The van der Waals surface area contributed by atoms with Crippen molar-refractivity contribution in [2.45, 2.75) is 26.8 Å². The van der Waals surface area contributed by atoms with Crippen LogP contribution < -0.4 is 16.0 Å². The molecular weight excluding hydrogens is 394 g/mol. The molecule has 0 saturated carbocycles. The molecule has 7 heteroatoms. The molecule has 31 heavy (non-hydrogen) atoms. The van der Waals surface area contributed by atoms with E-state index in [1.165, 1.54) is 6.26 Å². The molecule has 3 rings (SSSR count). The van der Waals surface area contributed by atoms with Crippen LogP contribution >= 0.6 is 0 Å². The van der Waals surface area contributed by atoms with Crippen LogP contribution in [0.15, 0.2) is 71.3 Å². The molecule has 160 valence electrons. The number of carbonyl (C=O) groups is 3. The average molecular weight is 419 g/mol. The lowest BCUT2D eigenvalue weighted by Gasteiger charge is -2.22. The van der Waals surface area contributed by atoms with E-state index in [4.69, 9.17) is 4.42 Å². The first-order valence-corrected chi connectivity index (χ1v) is 9.97. The lowest BCUT2D eigenvalue weighted by Crippen LogP contribution is -2.47. The molecule has 1 atom stereocenters. The molecule has 2 aromatic carbocycles. The van der Waals surface area contributed by atoms with Gasteiger partial charge < -0.3 is 20.4 Å². The molecule has 0 radical (unpaired) electrons. The molecule has 7 nitrogen and oxygen atoms in total. The number of carbonyl (C=O) groups excluding carboxylic acids is 3. The molecule has 0 spiro atoms. The highest BCUT2D eigenvalue weighted by Crippen LogP contribution is 2.18. The van der Waals surface area contributed by atoms with Crippen molar-refractivity contribution < 1.29 is 18.8 Å². The maximum atomic E-state index is 12.9. The summed E-state index contributed by atoms with van der Waals surface area (Å²) in [6, 6.07) is 16.4. The molecule has 1 heterocycles. The minimum Gasteiger partial charge on any atom is -0.459 e. The zero-order valence-corrected chi connectivity index (χ0v) is 17.6. The third-order valence-electron chi connectivity index (χ3n) is 4.76. The van der Waals surface area contributed by atoms with Gasteiger partial charge in [0.25, 0.3) is 11.8 Å². The average Bonchev–Trinajstić information content (AvgIpc) is 3.27. The van der Waals surface area contributed by atoms with Crippen LogP contribution in [-0.4, -0.2) is 23.8 Å². The van der Waals surface area contributed by atoms with E-state index in [9.17, 15) is 14.4 Å². The zero-order chi connectivity index (χ0) is 22.4. The molecule has 0 aliphatic rings. The molecule has 3 amide bonds. The Morgan fingerprint density at radius 3 is 2.19 bits per heavy atom. The summed E-state index contributed by atoms with van der Waals surface area (Å²) in [7, 11) is 0. The molecule has 0 aliphatic carbocycles. The molecule has 0 aliphatic heterocycles. The number of anilines is 2. The van der Waals surface area contributed by atoms with E-state index < -0.39 is 6.04 Å². The van der Waals surface area contributed by atoms with Gasteiger partial charge in [0, 0.05) is 16.9 Å². The fourth-order valence-electron chi connectivity index (χ4n) is 3.08. The van der Waals surface area contributed by atoms with Gasteiger partial charge in [0.1, 0.15) is 6.04 Å². The summed E-state index contributed by atoms with van der Waals surface area (Å²) in [6.07, 6.45) is 1.42. The minimum atomic E-state index is -0.728. The Labute approximate surface area is 180 Å². The fraction of sp³-hybridized carbons (Fsp3) is 0.208. The third-order valence-corrected chi connectivity index (χ3v) is 4.76. The first-order valence-electron chi connectivity index (χ1n) is 9.97. The van der Waals surface area contributed by atoms with Crippen LogP contribution in [0.25, 0.3) is 0 Å². The van der Waals surface area contributed by atoms with Crippen LogP contribution in [0.1, 0.15) is 40.3 Å². The second-order valence-electron chi connectivity index (χ2n) is 7.51. The highest BCUT2D eigenvalue weighted by molar-refractivity contribution is 6.04. The van der Waals surface area contributed by atoms with Gasteiger partial charge in [-0.15, -0.1) is 0 Å². The number of nitrogens with one attached hydrogen (secondary N) is 3. The van der Waals surface area contributed by atoms with Gasteiger partial charge in [0.15, 0.2) is 5.76 Å². The molecule has 0 saturated heterocycles. The van der Waals surface area contributed by atoms with Crippen LogP contribution in [0, 0.1) is 12.8 Å². The van der Waals surface area contributed by atoms with Crippen molar-refractivity contribution in [1.82, 2.24) is 5.32 Å². The quantitative estimate of drug-likeness (QED) is 0.533. The van der Waals surface area contributed by atoms with E-state index >= 15 is 0 Å². The van der Waals surface area contributed by atoms with Gasteiger partial charge in [-0.25, -0.2) is 0 Å². The number of furan rings is 1. The van der Waals surface area contributed by atoms with Gasteiger partial charge >= 0.3 is 0 Å². The van der Waals surface area contributed by atoms with Crippen molar-refractivity contribution in [2.75, 3.05) is 10.6 Å². The first-order chi connectivity index (χ1) is 14.8. The smallest absolute Gasteiger partial charge is 0.291 e. The number of hydrogen-bond donors (Lipinski definition) is 3. The molecular formula is C24H25N3O4. The Bertz CT molecular complexity index is 1070. The van der Waals surface area contributed by atoms with Crippen LogP contribution in [0.5, 0.6) is 0 Å².